The number of methoxy groups -OCH3 is 1. The Bertz CT molecular complexity index is 814. The molecule has 0 aliphatic carbocycles. The van der Waals surface area contributed by atoms with Crippen LogP contribution in [0.5, 0.6) is 5.75 Å². The van der Waals surface area contributed by atoms with Crippen molar-refractivity contribution >= 4 is 17.6 Å². The Morgan fingerprint density at radius 2 is 2.09 bits per heavy atom. The maximum atomic E-state index is 11.8. The zero-order valence-electron chi connectivity index (χ0n) is 12.4. The summed E-state index contributed by atoms with van der Waals surface area (Å²) in [5, 5.41) is 10.2. The number of nitrogens with one attached hydrogen (secondary N) is 1. The van der Waals surface area contributed by atoms with Crippen LogP contribution in [0.25, 0.3) is 11.6 Å². The third kappa shape index (κ3) is 3.36. The maximum Gasteiger partial charge on any atom is 0.351 e. The molecule has 0 atom stereocenters. The summed E-state index contributed by atoms with van der Waals surface area (Å²) in [5.41, 5.74) is 0.900. The van der Waals surface area contributed by atoms with Gasteiger partial charge < -0.3 is 14.5 Å². The highest BCUT2D eigenvalue weighted by Gasteiger charge is 2.13. The number of carbonyl (C=O) groups excluding carboxylic acids is 1. The number of rotatable bonds is 4. The second kappa shape index (κ2) is 7.14. The van der Waals surface area contributed by atoms with Crippen LogP contribution in [0.1, 0.15) is 12.5 Å². The van der Waals surface area contributed by atoms with Gasteiger partial charge in [-0.3, -0.25) is 0 Å². The van der Waals surface area contributed by atoms with E-state index < -0.39 is 5.97 Å². The van der Waals surface area contributed by atoms with Gasteiger partial charge in [-0.25, -0.2) is 4.79 Å². The zero-order valence-corrected chi connectivity index (χ0v) is 12.4. The van der Waals surface area contributed by atoms with Gasteiger partial charge in [-0.05, 0) is 18.6 Å². The molecule has 2 aromatic rings. The number of hydrogen-bond acceptors (Lipinski definition) is 4. The van der Waals surface area contributed by atoms with Crippen molar-refractivity contribution in [2.45, 2.75) is 6.92 Å². The fraction of sp³-hybridized carbons (Fsp3) is 0.176. The summed E-state index contributed by atoms with van der Waals surface area (Å²) >= 11 is 0. The molecule has 0 spiro atoms. The van der Waals surface area contributed by atoms with Crippen LogP contribution >= 0.6 is 0 Å². The number of esters is 1. The molecule has 112 valence electrons. The van der Waals surface area contributed by atoms with Crippen molar-refractivity contribution in [3.05, 3.63) is 52.7 Å². The quantitative estimate of drug-likeness (QED) is 0.857. The minimum Gasteiger partial charge on any atom is -0.494 e. The Kier molecular flexibility index (Phi) is 4.99. The van der Waals surface area contributed by atoms with Crippen molar-refractivity contribution in [3.8, 4) is 11.8 Å². The number of aromatic nitrogens is 1. The fourth-order valence-corrected chi connectivity index (χ4v) is 2.00. The smallest absolute Gasteiger partial charge is 0.351 e. The lowest BCUT2D eigenvalue weighted by Crippen LogP contribution is -2.18. The van der Waals surface area contributed by atoms with E-state index >= 15 is 0 Å². The second-order valence-corrected chi connectivity index (χ2v) is 4.43. The summed E-state index contributed by atoms with van der Waals surface area (Å²) in [7, 11) is 1.53. The molecule has 1 aromatic carbocycles. The highest BCUT2D eigenvalue weighted by Crippen LogP contribution is 2.03. The number of H-pyrrole nitrogens is 1. The van der Waals surface area contributed by atoms with E-state index in [0.717, 1.165) is 5.56 Å². The van der Waals surface area contributed by atoms with E-state index in [2.05, 4.69) is 4.98 Å². The van der Waals surface area contributed by atoms with Crippen molar-refractivity contribution in [2.24, 2.45) is 0 Å². The molecule has 5 heteroatoms. The van der Waals surface area contributed by atoms with E-state index in [4.69, 9.17) is 9.47 Å². The first-order chi connectivity index (χ1) is 10.7. The van der Waals surface area contributed by atoms with Crippen molar-refractivity contribution in [1.29, 1.82) is 5.26 Å². The van der Waals surface area contributed by atoms with Gasteiger partial charge in [-0.1, -0.05) is 30.3 Å². The number of aromatic amines is 1. The predicted molar refractivity (Wildman–Crippen MR) is 82.3 cm³/mol. The Balaban J connectivity index is 2.61. The minimum atomic E-state index is -0.653. The van der Waals surface area contributed by atoms with Crippen LogP contribution in [0.15, 0.2) is 36.4 Å². The summed E-state index contributed by atoms with van der Waals surface area (Å²) in [6.45, 7) is 1.90. The largest absolute Gasteiger partial charge is 0.494 e. The van der Waals surface area contributed by atoms with Gasteiger partial charge in [0.1, 0.15) is 11.8 Å². The first kappa shape index (κ1) is 15.4. The molecule has 5 nitrogen and oxygen atoms in total. The van der Waals surface area contributed by atoms with Gasteiger partial charge in [0, 0.05) is 6.07 Å². The van der Waals surface area contributed by atoms with E-state index in [1.807, 2.05) is 42.5 Å². The Labute approximate surface area is 128 Å². The molecular formula is C17H16N2O3. The minimum absolute atomic E-state index is 0.0761. The summed E-state index contributed by atoms with van der Waals surface area (Å²) in [4.78, 5) is 14.8. The molecule has 0 saturated carbocycles. The molecule has 0 amide bonds. The molecular weight excluding hydrogens is 280 g/mol. The Hall–Kier alpha value is -3.00. The van der Waals surface area contributed by atoms with Crippen LogP contribution in [0.3, 0.4) is 0 Å². The third-order valence-corrected chi connectivity index (χ3v) is 3.00. The van der Waals surface area contributed by atoms with Gasteiger partial charge >= 0.3 is 5.97 Å². The summed E-state index contributed by atoms with van der Waals surface area (Å²) < 4.78 is 10.2. The predicted octanol–water partition coefficient (Wildman–Crippen LogP) is 1.09. The van der Waals surface area contributed by atoms with Crippen LogP contribution in [0.2, 0.25) is 0 Å². The molecule has 2 rings (SSSR count). The number of nitriles is 1. The maximum absolute atomic E-state index is 11.8. The lowest BCUT2D eigenvalue weighted by molar-refractivity contribution is -0.136. The Morgan fingerprint density at radius 3 is 2.68 bits per heavy atom. The summed E-state index contributed by atoms with van der Waals surface area (Å²) in [6, 6.07) is 13.2. The van der Waals surface area contributed by atoms with Gasteiger partial charge in [0.25, 0.3) is 0 Å². The molecule has 22 heavy (non-hydrogen) atoms. The van der Waals surface area contributed by atoms with Crippen LogP contribution in [-0.4, -0.2) is 24.7 Å². The third-order valence-electron chi connectivity index (χ3n) is 3.00. The van der Waals surface area contributed by atoms with Crippen molar-refractivity contribution in [1.82, 2.24) is 4.98 Å². The molecule has 0 saturated heterocycles. The SMILES string of the molecule is CCOC(=O)/C(C#N)=c1\cc(OC)/c(=C/c2ccccc2)[nH]1. The van der Waals surface area contributed by atoms with Crippen LogP contribution in [0.4, 0.5) is 0 Å². The fourth-order valence-electron chi connectivity index (χ4n) is 2.00. The molecule has 0 radical (unpaired) electrons. The zero-order chi connectivity index (χ0) is 15.9. The summed E-state index contributed by atoms with van der Waals surface area (Å²) in [5.74, 6) is -0.101. The van der Waals surface area contributed by atoms with Crippen LogP contribution in [0, 0.1) is 11.3 Å². The molecule has 0 fully saturated rings. The molecule has 0 bridgehead atoms. The summed E-state index contributed by atoms with van der Waals surface area (Å²) in [6.07, 6.45) is 1.88. The number of hydrogen-bond donors (Lipinski definition) is 1. The molecule has 1 N–H and O–H groups in total. The average molecular weight is 296 g/mol. The van der Waals surface area contributed by atoms with Crippen molar-refractivity contribution < 1.29 is 14.3 Å². The van der Waals surface area contributed by atoms with Crippen LogP contribution < -0.4 is 15.4 Å². The van der Waals surface area contributed by atoms with E-state index in [1.165, 1.54) is 7.11 Å². The molecule has 1 aromatic heterocycles. The number of carbonyl (C=O) groups is 1. The molecule has 0 unspecified atom stereocenters. The molecule has 0 aliphatic rings. The topological polar surface area (TPSA) is 75.1 Å². The average Bonchev–Trinajstić information content (AvgIpc) is 2.92. The molecule has 1 heterocycles. The first-order valence-corrected chi connectivity index (χ1v) is 6.81. The van der Waals surface area contributed by atoms with E-state index in [1.54, 1.807) is 13.0 Å². The first-order valence-electron chi connectivity index (χ1n) is 6.81. The van der Waals surface area contributed by atoms with E-state index in [-0.39, 0.29) is 12.2 Å². The number of ether oxygens (including phenoxy) is 2. The van der Waals surface area contributed by atoms with E-state index in [0.29, 0.717) is 16.4 Å². The van der Waals surface area contributed by atoms with E-state index in [9.17, 15) is 10.1 Å². The molecule has 0 aliphatic heterocycles. The number of benzene rings is 1. The van der Waals surface area contributed by atoms with Crippen LogP contribution in [-0.2, 0) is 9.53 Å². The van der Waals surface area contributed by atoms with Gasteiger partial charge in [0.2, 0.25) is 0 Å². The highest BCUT2D eigenvalue weighted by molar-refractivity contribution is 6.15. The van der Waals surface area contributed by atoms with Gasteiger partial charge in [-0.2, -0.15) is 5.26 Å². The van der Waals surface area contributed by atoms with Crippen molar-refractivity contribution in [2.75, 3.05) is 13.7 Å². The lowest BCUT2D eigenvalue weighted by atomic mass is 10.2. The number of nitrogens with zero attached hydrogens (tertiary/aromatic N) is 1. The van der Waals surface area contributed by atoms with Gasteiger partial charge in [0.05, 0.1) is 24.4 Å². The second-order valence-electron chi connectivity index (χ2n) is 4.43. The Morgan fingerprint density at radius 1 is 1.36 bits per heavy atom. The van der Waals surface area contributed by atoms with Crippen molar-refractivity contribution in [3.63, 3.8) is 0 Å². The normalized spacial score (nSPS) is 12.5. The lowest BCUT2D eigenvalue weighted by Gasteiger charge is -1.97. The standard InChI is InChI=1S/C17H16N2O3/c1-3-22-17(20)13(11-18)14-10-16(21-2)15(19-14)9-12-7-5-4-6-8-12/h4-10,19H,3H2,1-2H3/b14-13+,15-9-. The monoisotopic (exact) mass is 296 g/mol. The van der Waals surface area contributed by atoms with Gasteiger partial charge in [0.15, 0.2) is 5.57 Å². The van der Waals surface area contributed by atoms with Gasteiger partial charge in [-0.15, -0.1) is 0 Å². The highest BCUT2D eigenvalue weighted by atomic mass is 16.5.